The molecule has 0 radical (unpaired) electrons. The average molecular weight is 443 g/mol. The lowest BCUT2D eigenvalue weighted by Gasteiger charge is -2.30. The Morgan fingerprint density at radius 1 is 1.31 bits per heavy atom. The third-order valence-corrected chi connectivity index (χ3v) is 5.52. The van der Waals surface area contributed by atoms with Gasteiger partial charge >= 0.3 is 6.18 Å². The van der Waals surface area contributed by atoms with Crippen LogP contribution in [0.3, 0.4) is 0 Å². The van der Waals surface area contributed by atoms with E-state index in [1.165, 1.54) is 12.4 Å². The summed E-state index contributed by atoms with van der Waals surface area (Å²) in [5, 5.41) is 3.06. The number of carbonyl (C=O) groups is 1. The van der Waals surface area contributed by atoms with E-state index in [4.69, 9.17) is 6.42 Å². The number of carbonyl (C=O) groups excluding carboxylic acids is 1. The Labute approximate surface area is 182 Å². The van der Waals surface area contributed by atoms with Crippen LogP contribution in [0.2, 0.25) is 0 Å². The highest BCUT2D eigenvalue weighted by Gasteiger charge is 2.35. The van der Waals surface area contributed by atoms with E-state index in [2.05, 4.69) is 36.7 Å². The zero-order chi connectivity index (χ0) is 22.9. The molecule has 1 saturated heterocycles. The molecule has 1 fully saturated rings. The van der Waals surface area contributed by atoms with Crippen molar-refractivity contribution in [3.63, 3.8) is 0 Å². The van der Waals surface area contributed by atoms with Crippen molar-refractivity contribution in [3.05, 3.63) is 47.7 Å². The minimum atomic E-state index is -4.61. The summed E-state index contributed by atoms with van der Waals surface area (Å²) in [4.78, 5) is 32.2. The van der Waals surface area contributed by atoms with Gasteiger partial charge in [0.2, 0.25) is 11.9 Å². The number of aromatic nitrogens is 4. The van der Waals surface area contributed by atoms with Crippen molar-refractivity contribution in [3.8, 4) is 12.3 Å². The minimum absolute atomic E-state index is 0.0465. The van der Waals surface area contributed by atoms with E-state index in [-0.39, 0.29) is 17.9 Å². The highest BCUT2D eigenvalue weighted by molar-refractivity contribution is 5.87. The van der Waals surface area contributed by atoms with Gasteiger partial charge in [-0.1, -0.05) is 6.58 Å². The molecule has 0 aliphatic carbocycles. The smallest absolute Gasteiger partial charge is 0.354 e. The van der Waals surface area contributed by atoms with Crippen LogP contribution in [0.25, 0.3) is 0 Å². The number of hydrogen-bond donors (Lipinski definition) is 1. The van der Waals surface area contributed by atoms with Crippen molar-refractivity contribution in [1.82, 2.24) is 24.8 Å². The van der Waals surface area contributed by atoms with Crippen molar-refractivity contribution in [1.29, 1.82) is 0 Å². The fourth-order valence-corrected chi connectivity index (χ4v) is 3.94. The van der Waals surface area contributed by atoms with Crippen molar-refractivity contribution < 1.29 is 18.0 Å². The van der Waals surface area contributed by atoms with Crippen LogP contribution in [0.4, 0.5) is 24.9 Å². The van der Waals surface area contributed by atoms with Crippen molar-refractivity contribution in [2.45, 2.75) is 31.6 Å². The van der Waals surface area contributed by atoms with Crippen LogP contribution in [-0.4, -0.2) is 56.4 Å². The number of hydrogen-bond acceptors (Lipinski definition) is 7. The van der Waals surface area contributed by atoms with Crippen molar-refractivity contribution in [2.75, 3.05) is 29.9 Å². The van der Waals surface area contributed by atoms with Gasteiger partial charge in [0.25, 0.3) is 0 Å². The normalized spacial score (nSPS) is 18.1. The number of halogens is 3. The molecule has 11 heteroatoms. The van der Waals surface area contributed by atoms with Crippen LogP contribution >= 0.6 is 0 Å². The molecule has 0 aromatic carbocycles. The van der Waals surface area contributed by atoms with Crippen molar-refractivity contribution in [2.24, 2.45) is 0 Å². The summed E-state index contributed by atoms with van der Waals surface area (Å²) in [6.45, 7) is 5.72. The second-order valence-electron chi connectivity index (χ2n) is 7.51. The third-order valence-electron chi connectivity index (χ3n) is 5.52. The first-order chi connectivity index (χ1) is 15.3. The molecule has 4 heterocycles. The van der Waals surface area contributed by atoms with E-state index >= 15 is 0 Å². The Morgan fingerprint density at radius 3 is 2.84 bits per heavy atom. The largest absolute Gasteiger partial charge is 0.420 e. The predicted molar refractivity (Wildman–Crippen MR) is 111 cm³/mol. The summed E-state index contributed by atoms with van der Waals surface area (Å²) in [6.07, 6.45) is 5.42. The van der Waals surface area contributed by atoms with E-state index in [9.17, 15) is 18.0 Å². The lowest BCUT2D eigenvalue weighted by molar-refractivity contribution is -0.138. The highest BCUT2D eigenvalue weighted by atomic mass is 19.4. The first kappa shape index (κ1) is 21.5. The minimum Gasteiger partial charge on any atom is -0.354 e. The summed E-state index contributed by atoms with van der Waals surface area (Å²) in [5.74, 6) is 2.63. The third kappa shape index (κ3) is 4.21. The zero-order valence-electron chi connectivity index (χ0n) is 17.1. The molecule has 2 aliphatic rings. The average Bonchev–Trinajstić information content (AvgIpc) is 3.25. The maximum Gasteiger partial charge on any atom is 0.420 e. The lowest BCUT2D eigenvalue weighted by atomic mass is 10.1. The number of alkyl halides is 3. The Bertz CT molecular complexity index is 1100. The Kier molecular flexibility index (Phi) is 5.69. The molecule has 1 amide bonds. The molecular formula is C21H20F3N7O. The fraction of sp³-hybridized carbons (Fsp3) is 0.381. The monoisotopic (exact) mass is 443 g/mol. The quantitative estimate of drug-likeness (QED) is 0.572. The number of nitrogens with zero attached hydrogens (tertiary/aromatic N) is 6. The van der Waals surface area contributed by atoms with Gasteiger partial charge in [0.15, 0.2) is 0 Å². The molecule has 0 unspecified atom stereocenters. The van der Waals surface area contributed by atoms with Gasteiger partial charge in [-0.3, -0.25) is 4.79 Å². The Hall–Kier alpha value is -3.68. The van der Waals surface area contributed by atoms with E-state index in [0.717, 1.165) is 17.1 Å². The number of terminal acetylenes is 1. The Morgan fingerprint density at radius 2 is 2.12 bits per heavy atom. The molecule has 0 saturated carbocycles. The van der Waals surface area contributed by atoms with E-state index < -0.39 is 17.4 Å². The molecule has 2 aliphatic heterocycles. The number of nitrogens with one attached hydrogen (secondary N) is 1. The summed E-state index contributed by atoms with van der Waals surface area (Å²) in [5.41, 5.74) is 0.269. The second kappa shape index (κ2) is 8.45. The predicted octanol–water partition coefficient (Wildman–Crippen LogP) is 2.03. The van der Waals surface area contributed by atoms with Crippen LogP contribution in [0.1, 0.15) is 28.9 Å². The molecular weight excluding hydrogens is 423 g/mol. The van der Waals surface area contributed by atoms with Crippen LogP contribution in [0.5, 0.6) is 0 Å². The fourth-order valence-electron chi connectivity index (χ4n) is 3.94. The molecule has 32 heavy (non-hydrogen) atoms. The molecule has 0 spiro atoms. The second-order valence-corrected chi connectivity index (χ2v) is 7.51. The van der Waals surface area contributed by atoms with Gasteiger partial charge in [0.05, 0.1) is 12.2 Å². The zero-order valence-corrected chi connectivity index (χ0v) is 17.1. The molecule has 0 bridgehead atoms. The summed E-state index contributed by atoms with van der Waals surface area (Å²) in [7, 11) is 0. The van der Waals surface area contributed by atoms with Gasteiger partial charge in [-0.05, 0) is 18.4 Å². The number of rotatable bonds is 4. The van der Waals surface area contributed by atoms with Gasteiger partial charge in [-0.2, -0.15) is 13.2 Å². The maximum atomic E-state index is 13.0. The van der Waals surface area contributed by atoms with Gasteiger partial charge < -0.3 is 15.1 Å². The summed E-state index contributed by atoms with van der Waals surface area (Å²) >= 11 is 0. The molecule has 166 valence electrons. The molecule has 1 N–H and O–H groups in total. The first-order valence-electron chi connectivity index (χ1n) is 9.96. The number of amides is 1. The topological polar surface area (TPSA) is 87.1 Å². The lowest BCUT2D eigenvalue weighted by Crippen LogP contribution is -2.37. The molecule has 8 nitrogen and oxygen atoms in total. The van der Waals surface area contributed by atoms with E-state index in [1.807, 2.05) is 5.92 Å². The van der Waals surface area contributed by atoms with Gasteiger partial charge in [-0.15, -0.1) is 6.42 Å². The van der Waals surface area contributed by atoms with E-state index in [0.29, 0.717) is 45.2 Å². The molecule has 2 aromatic rings. The number of anilines is 2. The van der Waals surface area contributed by atoms with Crippen LogP contribution < -0.4 is 10.2 Å². The summed E-state index contributed by atoms with van der Waals surface area (Å²) < 4.78 is 39.0. The van der Waals surface area contributed by atoms with Crippen LogP contribution in [0, 0.1) is 12.3 Å². The van der Waals surface area contributed by atoms with Gasteiger partial charge in [0, 0.05) is 43.9 Å². The van der Waals surface area contributed by atoms with Crippen molar-refractivity contribution >= 4 is 17.7 Å². The highest BCUT2D eigenvalue weighted by Crippen LogP contribution is 2.32. The Balaban J connectivity index is 1.49. The summed E-state index contributed by atoms with van der Waals surface area (Å²) in [6, 6.07) is -0.113. The molecule has 1 atom stereocenters. The molecule has 2 aromatic heterocycles. The van der Waals surface area contributed by atoms with E-state index in [1.54, 1.807) is 4.90 Å². The SMILES string of the molecule is C#Cc1nc(N[C@@H]2CCN(c3ncnc4c3CN(C(=O)C=C)CC4)C2)ncc1C(F)(F)F. The maximum absolute atomic E-state index is 13.0. The standard InChI is InChI=1S/C21H20F3N7O/c1-3-16-15(21(22,23)24)9-25-20(29-16)28-13-5-7-31(10-13)19-14-11-30(18(32)4-2)8-6-17(14)26-12-27-19/h1,4,9,12-13H,2,5-8,10-11H2,(H,25,28,29)/t13-/m1/s1. The van der Waals surface area contributed by atoms with Crippen LogP contribution in [-0.2, 0) is 23.9 Å². The van der Waals surface area contributed by atoms with Crippen LogP contribution in [0.15, 0.2) is 25.2 Å². The molecule has 4 rings (SSSR count). The van der Waals surface area contributed by atoms with Gasteiger partial charge in [0.1, 0.15) is 23.4 Å². The first-order valence-corrected chi connectivity index (χ1v) is 9.96. The number of fused-ring (bicyclic) bond motifs is 1. The van der Waals surface area contributed by atoms with Gasteiger partial charge in [-0.25, -0.2) is 19.9 Å².